The van der Waals surface area contributed by atoms with E-state index in [1.807, 2.05) is 0 Å². The standard InChI is InChI=1S/C27H32FN5O6.ClH/c28-20-5-3-18(4-6-20)15-19-16-21-23(31-17-19)24(34)22(26(36)33(21)10-2-8-30-27(37)38)25(35)29-7-1-9-32-11-13-39-14-12-32;/h3-6,16-17,30,34H,1-2,7-15H2,(H,29,35)(H,37,38);1H. The smallest absolute Gasteiger partial charge is 0.404 e. The van der Waals surface area contributed by atoms with E-state index in [-0.39, 0.29) is 43.3 Å². The van der Waals surface area contributed by atoms with Gasteiger partial charge in [0.15, 0.2) is 5.75 Å². The Kier molecular flexibility index (Phi) is 11.2. The largest absolute Gasteiger partial charge is 0.505 e. The van der Waals surface area contributed by atoms with E-state index in [1.165, 1.54) is 22.9 Å². The van der Waals surface area contributed by atoms with Gasteiger partial charge in [-0.3, -0.25) is 19.5 Å². The van der Waals surface area contributed by atoms with Crippen molar-refractivity contribution in [2.24, 2.45) is 0 Å². The highest BCUT2D eigenvalue weighted by molar-refractivity contribution is 6.01. The van der Waals surface area contributed by atoms with Gasteiger partial charge in [-0.05, 0) is 55.1 Å². The van der Waals surface area contributed by atoms with Crippen LogP contribution in [0.4, 0.5) is 9.18 Å². The Hall–Kier alpha value is -3.74. The van der Waals surface area contributed by atoms with E-state index < -0.39 is 28.9 Å². The Morgan fingerprint density at radius 3 is 2.40 bits per heavy atom. The van der Waals surface area contributed by atoms with Crippen molar-refractivity contribution in [1.82, 2.24) is 25.1 Å². The van der Waals surface area contributed by atoms with E-state index in [2.05, 4.69) is 20.5 Å². The fraction of sp³-hybridized carbons (Fsp3) is 0.407. The SMILES string of the molecule is Cl.O=C(O)NCCCn1c(=O)c(C(=O)NCCCN2CCOCC2)c(O)c2ncc(Cc3ccc(F)cc3)cc21. The van der Waals surface area contributed by atoms with Gasteiger partial charge in [0, 0.05) is 38.9 Å². The van der Waals surface area contributed by atoms with Gasteiger partial charge in [-0.15, -0.1) is 12.4 Å². The molecule has 4 N–H and O–H groups in total. The number of benzene rings is 1. The normalized spacial score (nSPS) is 13.5. The number of ether oxygens (including phenoxy) is 1. The number of aromatic nitrogens is 2. The molecule has 0 spiro atoms. The molecule has 11 nitrogen and oxygen atoms in total. The number of nitrogens with zero attached hydrogens (tertiary/aromatic N) is 3. The van der Waals surface area contributed by atoms with Crippen molar-refractivity contribution in [3.05, 3.63) is 69.4 Å². The number of hydrogen-bond donors (Lipinski definition) is 4. The minimum absolute atomic E-state index is 0. The molecule has 1 saturated heterocycles. The molecular formula is C27H33ClFN5O6. The van der Waals surface area contributed by atoms with Crippen LogP contribution in [-0.2, 0) is 17.7 Å². The van der Waals surface area contributed by atoms with Crippen LogP contribution >= 0.6 is 12.4 Å². The fourth-order valence-electron chi connectivity index (χ4n) is 4.56. The molecule has 3 aromatic rings. The summed E-state index contributed by atoms with van der Waals surface area (Å²) >= 11 is 0. The lowest BCUT2D eigenvalue weighted by Crippen LogP contribution is -2.39. The fourth-order valence-corrected chi connectivity index (χ4v) is 4.56. The molecule has 0 saturated carbocycles. The highest BCUT2D eigenvalue weighted by atomic mass is 35.5. The second kappa shape index (κ2) is 14.6. The summed E-state index contributed by atoms with van der Waals surface area (Å²) < 4.78 is 20.0. The third-order valence-corrected chi connectivity index (χ3v) is 6.56. The summed E-state index contributed by atoms with van der Waals surface area (Å²) in [6.45, 7) is 4.29. The third-order valence-electron chi connectivity index (χ3n) is 6.56. The molecular weight excluding hydrogens is 545 g/mol. The van der Waals surface area contributed by atoms with E-state index in [1.54, 1.807) is 18.2 Å². The lowest BCUT2D eigenvalue weighted by atomic mass is 10.1. The van der Waals surface area contributed by atoms with Crippen molar-refractivity contribution in [2.75, 3.05) is 45.9 Å². The molecule has 216 valence electrons. The minimum Gasteiger partial charge on any atom is -0.505 e. The second-order valence-corrected chi connectivity index (χ2v) is 9.34. The van der Waals surface area contributed by atoms with Crippen LogP contribution < -0.4 is 16.2 Å². The van der Waals surface area contributed by atoms with Gasteiger partial charge in [0.05, 0.1) is 18.7 Å². The number of rotatable bonds is 11. The van der Waals surface area contributed by atoms with E-state index >= 15 is 0 Å². The molecule has 0 radical (unpaired) electrons. The maximum absolute atomic E-state index is 13.5. The molecule has 2 amide bonds. The Morgan fingerprint density at radius 1 is 1.02 bits per heavy atom. The average molecular weight is 578 g/mol. The molecule has 4 rings (SSSR count). The van der Waals surface area contributed by atoms with Crippen molar-refractivity contribution in [2.45, 2.75) is 25.8 Å². The first-order chi connectivity index (χ1) is 18.8. The summed E-state index contributed by atoms with van der Waals surface area (Å²) in [5, 5.41) is 24.8. The summed E-state index contributed by atoms with van der Waals surface area (Å²) in [6.07, 6.45) is 1.70. The van der Waals surface area contributed by atoms with Crippen LogP contribution in [0.3, 0.4) is 0 Å². The molecule has 1 aromatic carbocycles. The highest BCUT2D eigenvalue weighted by Gasteiger charge is 2.23. The number of amides is 2. The summed E-state index contributed by atoms with van der Waals surface area (Å²) in [4.78, 5) is 43.9. The van der Waals surface area contributed by atoms with Gasteiger partial charge in [-0.2, -0.15) is 0 Å². The summed E-state index contributed by atoms with van der Waals surface area (Å²) in [5.41, 5.74) is 0.846. The van der Waals surface area contributed by atoms with Crippen LogP contribution in [0, 0.1) is 5.82 Å². The maximum Gasteiger partial charge on any atom is 0.404 e. The molecule has 1 aliphatic heterocycles. The zero-order valence-electron chi connectivity index (χ0n) is 21.9. The number of aromatic hydroxyl groups is 1. The molecule has 0 atom stereocenters. The van der Waals surface area contributed by atoms with Gasteiger partial charge in [0.25, 0.3) is 11.5 Å². The second-order valence-electron chi connectivity index (χ2n) is 9.34. The van der Waals surface area contributed by atoms with Crippen LogP contribution in [0.1, 0.15) is 34.3 Å². The highest BCUT2D eigenvalue weighted by Crippen LogP contribution is 2.26. The van der Waals surface area contributed by atoms with Gasteiger partial charge in [-0.1, -0.05) is 12.1 Å². The van der Waals surface area contributed by atoms with E-state index in [0.29, 0.717) is 43.7 Å². The number of aryl methyl sites for hydroxylation is 1. The number of hydrogen-bond acceptors (Lipinski definition) is 7. The number of fused-ring (bicyclic) bond motifs is 1. The van der Waals surface area contributed by atoms with Crippen molar-refractivity contribution < 1.29 is 28.9 Å². The van der Waals surface area contributed by atoms with Gasteiger partial charge >= 0.3 is 6.09 Å². The zero-order chi connectivity index (χ0) is 27.8. The maximum atomic E-state index is 13.5. The lowest BCUT2D eigenvalue weighted by molar-refractivity contribution is 0.0374. The van der Waals surface area contributed by atoms with E-state index in [9.17, 15) is 23.9 Å². The van der Waals surface area contributed by atoms with E-state index in [4.69, 9.17) is 9.84 Å². The summed E-state index contributed by atoms with van der Waals surface area (Å²) in [6, 6.07) is 7.70. The van der Waals surface area contributed by atoms with Crippen LogP contribution in [0.2, 0.25) is 0 Å². The third kappa shape index (κ3) is 7.90. The molecule has 0 unspecified atom stereocenters. The first kappa shape index (κ1) is 30.8. The molecule has 0 aliphatic carbocycles. The van der Waals surface area contributed by atoms with Crippen LogP contribution in [0.25, 0.3) is 11.0 Å². The number of nitrogens with one attached hydrogen (secondary N) is 2. The predicted octanol–water partition coefficient (Wildman–Crippen LogP) is 2.36. The van der Waals surface area contributed by atoms with Crippen molar-refractivity contribution >= 4 is 35.4 Å². The minimum atomic E-state index is -1.18. The number of halogens is 2. The summed E-state index contributed by atoms with van der Waals surface area (Å²) in [5.74, 6) is -1.55. The molecule has 13 heteroatoms. The first-order valence-electron chi connectivity index (χ1n) is 12.9. The predicted molar refractivity (Wildman–Crippen MR) is 149 cm³/mol. The van der Waals surface area contributed by atoms with Gasteiger partial charge in [-0.25, -0.2) is 9.18 Å². The molecule has 3 heterocycles. The number of morpholine rings is 1. The number of carboxylic acid groups (broad SMARTS) is 1. The lowest BCUT2D eigenvalue weighted by Gasteiger charge is -2.26. The van der Waals surface area contributed by atoms with E-state index in [0.717, 1.165) is 25.2 Å². The average Bonchev–Trinajstić information content (AvgIpc) is 2.92. The van der Waals surface area contributed by atoms with Crippen molar-refractivity contribution in [3.8, 4) is 5.75 Å². The Labute approximate surface area is 236 Å². The monoisotopic (exact) mass is 577 g/mol. The first-order valence-corrected chi connectivity index (χ1v) is 12.9. The topological polar surface area (TPSA) is 146 Å². The Balaban J connectivity index is 0.00000441. The summed E-state index contributed by atoms with van der Waals surface area (Å²) in [7, 11) is 0. The van der Waals surface area contributed by atoms with Gasteiger partial charge in [0.2, 0.25) is 0 Å². The molecule has 1 aliphatic rings. The van der Waals surface area contributed by atoms with Crippen LogP contribution in [-0.4, -0.2) is 82.6 Å². The Bertz CT molecular complexity index is 1380. The molecule has 40 heavy (non-hydrogen) atoms. The number of carbonyl (C=O) groups excluding carboxylic acids is 1. The van der Waals surface area contributed by atoms with Crippen molar-refractivity contribution in [3.63, 3.8) is 0 Å². The molecule has 2 aromatic heterocycles. The number of carbonyl (C=O) groups is 2. The van der Waals surface area contributed by atoms with Crippen LogP contribution in [0.5, 0.6) is 5.75 Å². The molecule has 0 bridgehead atoms. The van der Waals surface area contributed by atoms with Crippen molar-refractivity contribution in [1.29, 1.82) is 0 Å². The Morgan fingerprint density at radius 2 is 1.70 bits per heavy atom. The van der Waals surface area contributed by atoms with Gasteiger partial charge in [0.1, 0.15) is 16.9 Å². The molecule has 1 fully saturated rings. The van der Waals surface area contributed by atoms with Crippen LogP contribution in [0.15, 0.2) is 41.3 Å². The quantitative estimate of drug-likeness (QED) is 0.254. The number of pyridine rings is 2. The zero-order valence-corrected chi connectivity index (χ0v) is 22.7. The van der Waals surface area contributed by atoms with Gasteiger partial charge < -0.3 is 30.2 Å².